The van der Waals surface area contributed by atoms with Crippen LogP contribution in [0.3, 0.4) is 0 Å². The number of hydrogen-bond donors (Lipinski definition) is 2. The molecule has 0 radical (unpaired) electrons. The highest BCUT2D eigenvalue weighted by Crippen LogP contribution is 2.31. The summed E-state index contributed by atoms with van der Waals surface area (Å²) in [5.74, 6) is 2.07. The van der Waals surface area contributed by atoms with Crippen LogP contribution in [0.4, 0.5) is 5.69 Å². The first-order chi connectivity index (χ1) is 12.0. The molecule has 2 aliphatic rings. The highest BCUT2D eigenvalue weighted by atomic mass is 32.2. The molecule has 3 N–H and O–H groups in total. The monoisotopic (exact) mass is 358 g/mol. The number of ether oxygens (including phenoxy) is 1. The molecule has 1 atom stereocenters. The van der Waals surface area contributed by atoms with E-state index >= 15 is 0 Å². The molecular formula is C16H18N6O2S. The van der Waals surface area contributed by atoms with E-state index in [2.05, 4.69) is 15.5 Å². The highest BCUT2D eigenvalue weighted by Gasteiger charge is 2.25. The van der Waals surface area contributed by atoms with Crippen molar-refractivity contribution in [3.8, 4) is 5.75 Å². The minimum atomic E-state index is -0.235. The number of carbonyl (C=O) groups excluding carboxylic acids is 1. The number of hydrogen-bond acceptors (Lipinski definition) is 7. The number of nitrogens with one attached hydrogen (secondary N) is 1. The summed E-state index contributed by atoms with van der Waals surface area (Å²) < 4.78 is 7.12. The average molecular weight is 358 g/mol. The number of fused-ring (bicyclic) bond motifs is 2. The third kappa shape index (κ3) is 2.89. The number of thioether (sulfide) groups is 1. The lowest BCUT2D eigenvalue weighted by Gasteiger charge is -2.20. The Morgan fingerprint density at radius 1 is 1.36 bits per heavy atom. The van der Waals surface area contributed by atoms with Crippen LogP contribution in [0, 0.1) is 5.92 Å². The summed E-state index contributed by atoms with van der Waals surface area (Å²) >= 11 is 1.56. The third-order valence-electron chi connectivity index (χ3n) is 4.16. The molecule has 1 aromatic heterocycles. The topological polar surface area (TPSA) is 107 Å². The van der Waals surface area contributed by atoms with E-state index in [1.807, 2.05) is 32.0 Å². The van der Waals surface area contributed by atoms with Crippen molar-refractivity contribution in [3.63, 3.8) is 0 Å². The van der Waals surface area contributed by atoms with Gasteiger partial charge in [0, 0.05) is 11.3 Å². The molecule has 1 aromatic carbocycles. The lowest BCUT2D eigenvalue weighted by Crippen LogP contribution is -2.26. The predicted molar refractivity (Wildman–Crippen MR) is 95.0 cm³/mol. The zero-order valence-electron chi connectivity index (χ0n) is 13.9. The standard InChI is InChI=1S/C16H18N6O2S/c1-8(2)14(17)15-19-20-16-22(15)21-11(7-25-16)9-3-4-12-10(5-9)18-13(23)6-24-12/h3-5,8,14H,6-7,17H2,1-2H3,(H,18,23). The minimum Gasteiger partial charge on any atom is -0.482 e. The zero-order valence-corrected chi connectivity index (χ0v) is 14.7. The molecule has 130 valence electrons. The van der Waals surface area contributed by atoms with Gasteiger partial charge >= 0.3 is 0 Å². The number of amides is 1. The molecular weight excluding hydrogens is 340 g/mol. The molecule has 1 amide bonds. The Morgan fingerprint density at radius 2 is 2.20 bits per heavy atom. The number of nitrogens with zero attached hydrogens (tertiary/aromatic N) is 4. The van der Waals surface area contributed by atoms with E-state index in [-0.39, 0.29) is 24.5 Å². The second-order valence-electron chi connectivity index (χ2n) is 6.31. The predicted octanol–water partition coefficient (Wildman–Crippen LogP) is 1.62. The molecule has 0 fully saturated rings. The largest absolute Gasteiger partial charge is 0.482 e. The van der Waals surface area contributed by atoms with Gasteiger partial charge in [0.1, 0.15) is 5.75 Å². The van der Waals surface area contributed by atoms with Gasteiger partial charge < -0.3 is 15.8 Å². The smallest absolute Gasteiger partial charge is 0.262 e. The fourth-order valence-corrected chi connectivity index (χ4v) is 3.50. The van der Waals surface area contributed by atoms with Crippen LogP contribution >= 0.6 is 11.8 Å². The summed E-state index contributed by atoms with van der Waals surface area (Å²) in [6.45, 7) is 4.13. The Kier molecular flexibility index (Phi) is 3.97. The lowest BCUT2D eigenvalue weighted by atomic mass is 10.1. The second-order valence-corrected chi connectivity index (χ2v) is 7.25. The van der Waals surface area contributed by atoms with Crippen LogP contribution in [0.1, 0.15) is 31.3 Å². The van der Waals surface area contributed by atoms with E-state index in [1.165, 1.54) is 0 Å². The van der Waals surface area contributed by atoms with Gasteiger partial charge in [-0.05, 0) is 24.1 Å². The molecule has 9 heteroatoms. The van der Waals surface area contributed by atoms with Crippen molar-refractivity contribution >= 4 is 29.1 Å². The molecule has 4 rings (SSSR count). The van der Waals surface area contributed by atoms with Gasteiger partial charge in [-0.1, -0.05) is 25.6 Å². The Balaban J connectivity index is 1.71. The van der Waals surface area contributed by atoms with Crippen molar-refractivity contribution in [2.75, 3.05) is 17.7 Å². The van der Waals surface area contributed by atoms with Crippen LogP contribution in [0.5, 0.6) is 5.75 Å². The second kappa shape index (κ2) is 6.16. The molecule has 0 bridgehead atoms. The summed E-state index contributed by atoms with van der Waals surface area (Å²) in [5, 5.41) is 16.7. The molecule has 2 aromatic rings. The summed E-state index contributed by atoms with van der Waals surface area (Å²) in [7, 11) is 0. The van der Waals surface area contributed by atoms with Crippen LogP contribution < -0.4 is 15.8 Å². The summed E-state index contributed by atoms with van der Waals surface area (Å²) in [5.41, 5.74) is 8.68. The maximum atomic E-state index is 11.5. The highest BCUT2D eigenvalue weighted by molar-refractivity contribution is 7.99. The lowest BCUT2D eigenvalue weighted by molar-refractivity contribution is -0.118. The first kappa shape index (κ1) is 16.1. The van der Waals surface area contributed by atoms with Gasteiger partial charge in [0.15, 0.2) is 12.4 Å². The summed E-state index contributed by atoms with van der Waals surface area (Å²) in [4.78, 5) is 11.5. The molecule has 8 nitrogen and oxygen atoms in total. The van der Waals surface area contributed by atoms with E-state index in [1.54, 1.807) is 16.4 Å². The fourth-order valence-electron chi connectivity index (χ4n) is 2.65. The van der Waals surface area contributed by atoms with Crippen LogP contribution in [0.25, 0.3) is 0 Å². The van der Waals surface area contributed by atoms with Gasteiger partial charge in [-0.2, -0.15) is 9.78 Å². The molecule has 3 heterocycles. The molecule has 2 aliphatic heterocycles. The van der Waals surface area contributed by atoms with Crippen molar-refractivity contribution in [2.24, 2.45) is 16.8 Å². The van der Waals surface area contributed by atoms with Gasteiger partial charge in [-0.3, -0.25) is 4.79 Å². The van der Waals surface area contributed by atoms with Crippen molar-refractivity contribution in [2.45, 2.75) is 25.0 Å². The van der Waals surface area contributed by atoms with E-state index in [0.29, 0.717) is 23.0 Å². The third-order valence-corrected chi connectivity index (χ3v) is 5.09. The number of anilines is 1. The average Bonchev–Trinajstić information content (AvgIpc) is 3.03. The van der Waals surface area contributed by atoms with Crippen molar-refractivity contribution in [3.05, 3.63) is 29.6 Å². The van der Waals surface area contributed by atoms with Gasteiger partial charge in [0.05, 0.1) is 17.4 Å². The maximum absolute atomic E-state index is 11.5. The quantitative estimate of drug-likeness (QED) is 0.863. The number of rotatable bonds is 3. The minimum absolute atomic E-state index is 0.0453. The molecule has 1 unspecified atom stereocenters. The van der Waals surface area contributed by atoms with E-state index < -0.39 is 0 Å². The van der Waals surface area contributed by atoms with E-state index in [9.17, 15) is 4.79 Å². The van der Waals surface area contributed by atoms with Gasteiger partial charge in [-0.15, -0.1) is 10.2 Å². The normalized spacial score (nSPS) is 17.3. The SMILES string of the molecule is CC(C)C(N)c1nnc2n1N=C(c1ccc3c(c1)NC(=O)CO3)CS2. The summed E-state index contributed by atoms with van der Waals surface area (Å²) in [6.07, 6.45) is 0. The van der Waals surface area contributed by atoms with Crippen molar-refractivity contribution in [1.82, 2.24) is 14.9 Å². The molecule has 25 heavy (non-hydrogen) atoms. The van der Waals surface area contributed by atoms with Crippen LogP contribution in [-0.2, 0) is 4.79 Å². The Morgan fingerprint density at radius 3 is 3.00 bits per heavy atom. The van der Waals surface area contributed by atoms with Crippen molar-refractivity contribution in [1.29, 1.82) is 0 Å². The van der Waals surface area contributed by atoms with Crippen molar-refractivity contribution < 1.29 is 9.53 Å². The first-order valence-corrected chi connectivity index (χ1v) is 9.00. The zero-order chi connectivity index (χ0) is 17.6. The van der Waals surface area contributed by atoms with Gasteiger partial charge in [0.25, 0.3) is 5.91 Å². The first-order valence-electron chi connectivity index (χ1n) is 8.01. The fraction of sp³-hybridized carbons (Fsp3) is 0.375. The molecule has 0 aliphatic carbocycles. The Bertz CT molecular complexity index is 876. The van der Waals surface area contributed by atoms with Crippen LogP contribution in [0.15, 0.2) is 28.5 Å². The Hall–Kier alpha value is -2.39. The molecule has 0 saturated heterocycles. The number of aromatic nitrogens is 3. The maximum Gasteiger partial charge on any atom is 0.262 e. The number of nitrogens with two attached hydrogens (primary N) is 1. The molecule has 0 saturated carbocycles. The van der Waals surface area contributed by atoms with Crippen LogP contribution in [-0.4, -0.2) is 38.9 Å². The van der Waals surface area contributed by atoms with Crippen LogP contribution in [0.2, 0.25) is 0 Å². The number of benzene rings is 1. The summed E-state index contributed by atoms with van der Waals surface area (Å²) in [6, 6.07) is 5.43. The van der Waals surface area contributed by atoms with Gasteiger partial charge in [-0.25, -0.2) is 0 Å². The molecule has 0 spiro atoms. The van der Waals surface area contributed by atoms with E-state index in [0.717, 1.165) is 16.4 Å². The van der Waals surface area contributed by atoms with Gasteiger partial charge in [0.2, 0.25) is 5.16 Å². The van der Waals surface area contributed by atoms with E-state index in [4.69, 9.17) is 15.6 Å². The number of carbonyl (C=O) groups is 1. The Labute approximate surface area is 148 Å².